The Kier molecular flexibility index (Phi) is 3.11. The smallest absolute Gasteiger partial charge is 0.328 e. The number of hydrogen-bond acceptors (Lipinski definition) is 3. The van der Waals surface area contributed by atoms with Gasteiger partial charge in [0.25, 0.3) is 0 Å². The maximum Gasteiger partial charge on any atom is 0.328 e. The molecule has 0 radical (unpaired) electrons. The molecule has 5 nitrogen and oxygen atoms in total. The Hall–Kier alpha value is -1.52. The van der Waals surface area contributed by atoms with Gasteiger partial charge in [-0.3, -0.25) is 9.36 Å². The first-order chi connectivity index (χ1) is 6.50. The number of hydrogen-bond donors (Lipinski definition) is 0. The number of carbonyl (C=O) groups excluding carboxylic acids is 1. The van der Waals surface area contributed by atoms with Crippen molar-refractivity contribution < 1.29 is 9.53 Å². The number of carbonyl (C=O) groups is 1. The van der Waals surface area contributed by atoms with Crippen LogP contribution in [0.25, 0.3) is 0 Å². The van der Waals surface area contributed by atoms with Crippen molar-refractivity contribution in [3.63, 3.8) is 0 Å². The average Bonchev–Trinajstić information content (AvgIpc) is 2.34. The summed E-state index contributed by atoms with van der Waals surface area (Å²) in [7, 11) is 1.63. The van der Waals surface area contributed by atoms with Gasteiger partial charge in [0.1, 0.15) is 6.54 Å². The standard InChI is InChI=1S/C9H14N2O3/c1-7(2)14-8(12)6-11-5-4-10(3)9(11)13/h4-5,7H,6H2,1-3H3. The predicted octanol–water partition coefficient (Wildman–Crippen LogP) is 0.138. The van der Waals surface area contributed by atoms with Crippen molar-refractivity contribution in [3.05, 3.63) is 22.9 Å². The third-order valence-corrected chi connectivity index (χ3v) is 1.68. The molecule has 0 aliphatic heterocycles. The van der Waals surface area contributed by atoms with Gasteiger partial charge < -0.3 is 9.30 Å². The van der Waals surface area contributed by atoms with Gasteiger partial charge in [-0.25, -0.2) is 4.79 Å². The molecule has 0 saturated carbocycles. The van der Waals surface area contributed by atoms with E-state index in [4.69, 9.17) is 4.74 Å². The van der Waals surface area contributed by atoms with Crippen LogP contribution >= 0.6 is 0 Å². The molecule has 1 heterocycles. The van der Waals surface area contributed by atoms with Crippen LogP contribution in [0.5, 0.6) is 0 Å². The van der Waals surface area contributed by atoms with Crippen molar-refractivity contribution in [2.75, 3.05) is 0 Å². The molecule has 0 saturated heterocycles. The maximum atomic E-state index is 11.3. The average molecular weight is 198 g/mol. The second kappa shape index (κ2) is 4.13. The van der Waals surface area contributed by atoms with Gasteiger partial charge in [-0.05, 0) is 13.8 Å². The van der Waals surface area contributed by atoms with Crippen LogP contribution in [-0.2, 0) is 23.1 Å². The SMILES string of the molecule is CC(C)OC(=O)Cn1ccn(C)c1=O. The molecule has 0 aliphatic carbocycles. The number of aryl methyl sites for hydroxylation is 1. The molecule has 0 aromatic carbocycles. The minimum absolute atomic E-state index is 0.0299. The molecule has 0 amide bonds. The molecule has 78 valence electrons. The highest BCUT2D eigenvalue weighted by molar-refractivity contribution is 5.69. The molecule has 0 fully saturated rings. The molecule has 0 spiro atoms. The lowest BCUT2D eigenvalue weighted by Gasteiger charge is -2.07. The van der Waals surface area contributed by atoms with Crippen molar-refractivity contribution in [2.45, 2.75) is 26.5 Å². The molecule has 1 rings (SSSR count). The Morgan fingerprint density at radius 2 is 2.14 bits per heavy atom. The Bertz CT molecular complexity index is 376. The molecule has 0 N–H and O–H groups in total. The first-order valence-corrected chi connectivity index (χ1v) is 4.42. The molecular formula is C9H14N2O3. The van der Waals surface area contributed by atoms with E-state index in [0.717, 1.165) is 0 Å². The summed E-state index contributed by atoms with van der Waals surface area (Å²) in [6.07, 6.45) is 3.01. The Labute approximate surface area is 81.9 Å². The Morgan fingerprint density at radius 3 is 2.57 bits per heavy atom. The minimum Gasteiger partial charge on any atom is -0.462 e. The van der Waals surface area contributed by atoms with Gasteiger partial charge in [-0.1, -0.05) is 0 Å². The lowest BCUT2D eigenvalue weighted by atomic mass is 10.5. The molecule has 1 aromatic rings. The molecule has 14 heavy (non-hydrogen) atoms. The van der Waals surface area contributed by atoms with Crippen LogP contribution in [0.3, 0.4) is 0 Å². The summed E-state index contributed by atoms with van der Waals surface area (Å²) in [4.78, 5) is 22.5. The third kappa shape index (κ3) is 2.48. The second-order valence-electron chi connectivity index (χ2n) is 3.36. The summed E-state index contributed by atoms with van der Waals surface area (Å²) in [6.45, 7) is 3.51. The lowest BCUT2D eigenvalue weighted by molar-refractivity contribution is -0.148. The monoisotopic (exact) mass is 198 g/mol. The summed E-state index contributed by atoms with van der Waals surface area (Å²) in [5.41, 5.74) is -0.217. The summed E-state index contributed by atoms with van der Waals surface area (Å²) in [5.74, 6) is -0.395. The fourth-order valence-electron chi connectivity index (χ4n) is 1.07. The number of imidazole rings is 1. The van der Waals surface area contributed by atoms with Crippen molar-refractivity contribution >= 4 is 5.97 Å². The van der Waals surface area contributed by atoms with Crippen LogP contribution in [0.15, 0.2) is 17.2 Å². The van der Waals surface area contributed by atoms with E-state index >= 15 is 0 Å². The molecular weight excluding hydrogens is 184 g/mol. The fourth-order valence-corrected chi connectivity index (χ4v) is 1.07. The predicted molar refractivity (Wildman–Crippen MR) is 50.9 cm³/mol. The highest BCUT2D eigenvalue weighted by Crippen LogP contribution is 1.91. The van der Waals surface area contributed by atoms with Crippen LogP contribution < -0.4 is 5.69 Å². The van der Waals surface area contributed by atoms with Gasteiger partial charge in [-0.2, -0.15) is 0 Å². The number of ether oxygens (including phenoxy) is 1. The molecule has 0 bridgehead atoms. The maximum absolute atomic E-state index is 11.3. The zero-order chi connectivity index (χ0) is 10.7. The summed E-state index contributed by atoms with van der Waals surface area (Å²) in [6, 6.07) is 0. The van der Waals surface area contributed by atoms with Crippen molar-refractivity contribution in [1.82, 2.24) is 9.13 Å². The first kappa shape index (κ1) is 10.6. The van der Waals surface area contributed by atoms with Crippen molar-refractivity contribution in [3.8, 4) is 0 Å². The van der Waals surface area contributed by atoms with Crippen LogP contribution in [0.4, 0.5) is 0 Å². The second-order valence-corrected chi connectivity index (χ2v) is 3.36. The largest absolute Gasteiger partial charge is 0.462 e. The molecule has 0 unspecified atom stereocenters. The molecule has 0 atom stereocenters. The zero-order valence-electron chi connectivity index (χ0n) is 8.56. The highest BCUT2D eigenvalue weighted by Gasteiger charge is 2.08. The van der Waals surface area contributed by atoms with Gasteiger partial charge in [-0.15, -0.1) is 0 Å². The fraction of sp³-hybridized carbons (Fsp3) is 0.556. The van der Waals surface area contributed by atoms with Gasteiger partial charge in [0.05, 0.1) is 6.10 Å². The van der Waals surface area contributed by atoms with E-state index in [2.05, 4.69) is 0 Å². The Morgan fingerprint density at radius 1 is 1.50 bits per heavy atom. The van der Waals surface area contributed by atoms with E-state index in [1.54, 1.807) is 33.3 Å². The van der Waals surface area contributed by atoms with Crippen LogP contribution in [-0.4, -0.2) is 21.2 Å². The van der Waals surface area contributed by atoms with Crippen molar-refractivity contribution in [1.29, 1.82) is 0 Å². The molecule has 1 aromatic heterocycles. The highest BCUT2D eigenvalue weighted by atomic mass is 16.5. The lowest BCUT2D eigenvalue weighted by Crippen LogP contribution is -2.27. The van der Waals surface area contributed by atoms with Gasteiger partial charge in [0, 0.05) is 19.4 Å². The van der Waals surface area contributed by atoms with Crippen LogP contribution in [0, 0.1) is 0 Å². The Balaban J connectivity index is 2.65. The van der Waals surface area contributed by atoms with Crippen molar-refractivity contribution in [2.24, 2.45) is 7.05 Å². The number of aromatic nitrogens is 2. The van der Waals surface area contributed by atoms with E-state index in [1.165, 1.54) is 9.13 Å². The van der Waals surface area contributed by atoms with Gasteiger partial charge in [0.15, 0.2) is 0 Å². The quantitative estimate of drug-likeness (QED) is 0.649. The van der Waals surface area contributed by atoms with E-state index in [9.17, 15) is 9.59 Å². The topological polar surface area (TPSA) is 53.2 Å². The zero-order valence-corrected chi connectivity index (χ0v) is 8.56. The first-order valence-electron chi connectivity index (χ1n) is 4.42. The summed E-state index contributed by atoms with van der Waals surface area (Å²) < 4.78 is 7.63. The normalized spacial score (nSPS) is 10.6. The molecule has 0 aliphatic rings. The van der Waals surface area contributed by atoms with Crippen LogP contribution in [0.1, 0.15) is 13.8 Å². The minimum atomic E-state index is -0.395. The number of esters is 1. The van der Waals surface area contributed by atoms with E-state index < -0.39 is 5.97 Å². The summed E-state index contributed by atoms with van der Waals surface area (Å²) >= 11 is 0. The van der Waals surface area contributed by atoms with Crippen LogP contribution in [0.2, 0.25) is 0 Å². The third-order valence-electron chi connectivity index (χ3n) is 1.68. The molecule has 5 heteroatoms. The summed E-state index contributed by atoms with van der Waals surface area (Å²) in [5, 5.41) is 0. The number of nitrogens with zero attached hydrogens (tertiary/aromatic N) is 2. The van der Waals surface area contributed by atoms with Gasteiger partial charge in [0.2, 0.25) is 0 Å². The van der Waals surface area contributed by atoms with E-state index in [0.29, 0.717) is 0 Å². The van der Waals surface area contributed by atoms with Gasteiger partial charge >= 0.3 is 11.7 Å². The van der Waals surface area contributed by atoms with E-state index in [-0.39, 0.29) is 18.3 Å². The van der Waals surface area contributed by atoms with E-state index in [1.807, 2.05) is 0 Å². The number of rotatable bonds is 3.